The summed E-state index contributed by atoms with van der Waals surface area (Å²) >= 11 is 0. The Morgan fingerprint density at radius 1 is 1.18 bits per heavy atom. The molecule has 1 saturated carbocycles. The molecule has 1 N–H and O–H groups in total. The first-order valence-corrected chi connectivity index (χ1v) is 10.4. The van der Waals surface area contributed by atoms with Crippen LogP contribution in [0.5, 0.6) is 5.75 Å². The Morgan fingerprint density at radius 3 is 2.38 bits per heavy atom. The fourth-order valence-corrected chi connectivity index (χ4v) is 4.00. The molecule has 1 aliphatic heterocycles. The number of alkyl halides is 3. The number of benzene rings is 1. The maximum absolute atomic E-state index is 13.4. The molecule has 1 aromatic carbocycles. The van der Waals surface area contributed by atoms with Gasteiger partial charge in [0.25, 0.3) is 5.91 Å². The largest absolute Gasteiger partial charge is 0.573 e. The van der Waals surface area contributed by atoms with Crippen LogP contribution in [0.2, 0.25) is 0 Å². The standard InChI is InChI=1S/C22H21F3N4O5/c1-12(2)33-19(31)27-17-10-15(8-9-26-17)29-20(32)28(18(30)21(29)11-13(21)3)14-4-6-16(7-5-14)34-22(23,24)25/h4-10,12-13H,11H2,1-3H3,(H,26,27,31). The van der Waals surface area contributed by atoms with Crippen LogP contribution in [0, 0.1) is 5.92 Å². The Bertz CT molecular complexity index is 1140. The van der Waals surface area contributed by atoms with E-state index in [0.717, 1.165) is 17.0 Å². The Labute approximate surface area is 192 Å². The van der Waals surface area contributed by atoms with Crippen molar-refractivity contribution in [2.24, 2.45) is 5.92 Å². The van der Waals surface area contributed by atoms with Crippen LogP contribution in [-0.4, -0.2) is 41.0 Å². The summed E-state index contributed by atoms with van der Waals surface area (Å²) in [5.74, 6) is -0.990. The highest BCUT2D eigenvalue weighted by molar-refractivity contribution is 6.32. The molecular weight excluding hydrogens is 457 g/mol. The van der Waals surface area contributed by atoms with Crippen molar-refractivity contribution in [1.82, 2.24) is 4.98 Å². The molecule has 0 radical (unpaired) electrons. The maximum atomic E-state index is 13.4. The molecule has 1 aromatic heterocycles. The first-order valence-electron chi connectivity index (χ1n) is 10.4. The van der Waals surface area contributed by atoms with Crippen LogP contribution in [0.3, 0.4) is 0 Å². The third kappa shape index (κ3) is 4.22. The van der Waals surface area contributed by atoms with E-state index in [-0.39, 0.29) is 23.5 Å². The van der Waals surface area contributed by atoms with E-state index in [9.17, 15) is 27.6 Å². The van der Waals surface area contributed by atoms with E-state index in [1.54, 1.807) is 13.8 Å². The van der Waals surface area contributed by atoms with Gasteiger partial charge in [0.15, 0.2) is 0 Å². The highest BCUT2D eigenvalue weighted by Crippen LogP contribution is 2.55. The number of pyridine rings is 1. The van der Waals surface area contributed by atoms with Crippen molar-refractivity contribution in [2.45, 2.75) is 45.2 Å². The molecule has 12 heteroatoms. The molecule has 2 atom stereocenters. The molecule has 4 rings (SSSR count). The summed E-state index contributed by atoms with van der Waals surface area (Å²) in [5, 5.41) is 2.48. The Morgan fingerprint density at radius 2 is 1.82 bits per heavy atom. The lowest BCUT2D eigenvalue weighted by Crippen LogP contribution is -2.39. The molecule has 1 aliphatic carbocycles. The quantitative estimate of drug-likeness (QED) is 0.626. The molecule has 4 amide bonds. The number of anilines is 3. The summed E-state index contributed by atoms with van der Waals surface area (Å²) in [6.07, 6.45) is -4.15. The minimum atomic E-state index is -4.86. The van der Waals surface area contributed by atoms with Gasteiger partial charge in [-0.2, -0.15) is 0 Å². The van der Waals surface area contributed by atoms with Gasteiger partial charge in [0, 0.05) is 12.3 Å². The average Bonchev–Trinajstić information content (AvgIpc) is 3.33. The van der Waals surface area contributed by atoms with Crippen molar-refractivity contribution in [3.8, 4) is 5.75 Å². The van der Waals surface area contributed by atoms with Crippen LogP contribution in [0.4, 0.5) is 40.0 Å². The maximum Gasteiger partial charge on any atom is 0.573 e. The molecule has 2 aromatic rings. The number of nitrogens with one attached hydrogen (secondary N) is 1. The molecule has 2 heterocycles. The predicted molar refractivity (Wildman–Crippen MR) is 114 cm³/mol. The zero-order valence-corrected chi connectivity index (χ0v) is 18.4. The summed E-state index contributed by atoms with van der Waals surface area (Å²) in [7, 11) is 0. The Kier molecular flexibility index (Phi) is 5.62. The number of nitrogens with zero attached hydrogens (tertiary/aromatic N) is 3. The summed E-state index contributed by atoms with van der Waals surface area (Å²) in [6.45, 7) is 5.20. The topological polar surface area (TPSA) is 101 Å². The van der Waals surface area contributed by atoms with Gasteiger partial charge in [-0.1, -0.05) is 6.92 Å². The second kappa shape index (κ2) is 8.19. The van der Waals surface area contributed by atoms with Gasteiger partial charge in [0.05, 0.1) is 17.5 Å². The number of imide groups is 1. The van der Waals surface area contributed by atoms with Crippen molar-refractivity contribution in [2.75, 3.05) is 15.1 Å². The van der Waals surface area contributed by atoms with Crippen LogP contribution < -0.4 is 19.9 Å². The average molecular weight is 478 g/mol. The number of urea groups is 1. The van der Waals surface area contributed by atoms with Gasteiger partial charge in [-0.25, -0.2) is 19.5 Å². The Hall–Kier alpha value is -3.83. The third-order valence-corrected chi connectivity index (χ3v) is 5.53. The normalized spacial score (nSPS) is 21.9. The van der Waals surface area contributed by atoms with Gasteiger partial charge in [-0.3, -0.25) is 15.0 Å². The van der Waals surface area contributed by atoms with Crippen molar-refractivity contribution in [1.29, 1.82) is 0 Å². The summed E-state index contributed by atoms with van der Waals surface area (Å²) in [4.78, 5) is 45.0. The predicted octanol–water partition coefficient (Wildman–Crippen LogP) is 4.69. The number of halogens is 3. The molecule has 0 bridgehead atoms. The van der Waals surface area contributed by atoms with E-state index in [2.05, 4.69) is 15.0 Å². The van der Waals surface area contributed by atoms with Gasteiger partial charge in [-0.05, 0) is 56.5 Å². The SMILES string of the molecule is CC(C)OC(=O)Nc1cc(N2C(=O)N(c3ccc(OC(F)(F)F)cc3)C(=O)C23CC3C)ccn1. The summed E-state index contributed by atoms with van der Waals surface area (Å²) in [6, 6.07) is 6.80. The number of carbonyl (C=O) groups excluding carboxylic acids is 3. The molecule has 2 aliphatic rings. The highest BCUT2D eigenvalue weighted by Gasteiger charge is 2.70. The van der Waals surface area contributed by atoms with E-state index in [4.69, 9.17) is 4.74 Å². The monoisotopic (exact) mass is 478 g/mol. The number of aromatic nitrogens is 1. The van der Waals surface area contributed by atoms with E-state index in [1.165, 1.54) is 35.4 Å². The van der Waals surface area contributed by atoms with E-state index in [1.807, 2.05) is 6.92 Å². The molecule has 9 nitrogen and oxygen atoms in total. The fraction of sp³-hybridized carbons (Fsp3) is 0.364. The lowest BCUT2D eigenvalue weighted by atomic mass is 10.1. The number of hydrogen-bond acceptors (Lipinski definition) is 6. The zero-order valence-electron chi connectivity index (χ0n) is 18.4. The number of ether oxygens (including phenoxy) is 2. The minimum Gasteiger partial charge on any atom is -0.447 e. The van der Waals surface area contributed by atoms with Gasteiger partial charge < -0.3 is 9.47 Å². The Balaban J connectivity index is 1.63. The smallest absolute Gasteiger partial charge is 0.447 e. The molecule has 2 fully saturated rings. The molecule has 180 valence electrons. The van der Waals surface area contributed by atoms with Crippen LogP contribution in [0.25, 0.3) is 0 Å². The number of amides is 4. The number of rotatable bonds is 5. The van der Waals surface area contributed by atoms with Crippen LogP contribution in [0.1, 0.15) is 27.2 Å². The van der Waals surface area contributed by atoms with Gasteiger partial charge in [0.1, 0.15) is 17.1 Å². The lowest BCUT2D eigenvalue weighted by molar-refractivity contribution is -0.274. The van der Waals surface area contributed by atoms with Crippen LogP contribution >= 0.6 is 0 Å². The van der Waals surface area contributed by atoms with Crippen molar-refractivity contribution in [3.05, 3.63) is 42.6 Å². The molecular formula is C22H21F3N4O5. The summed E-state index contributed by atoms with van der Waals surface area (Å²) < 4.78 is 46.2. The fourth-order valence-electron chi connectivity index (χ4n) is 4.00. The number of hydrogen-bond donors (Lipinski definition) is 1. The third-order valence-electron chi connectivity index (χ3n) is 5.53. The second-order valence-electron chi connectivity index (χ2n) is 8.31. The van der Waals surface area contributed by atoms with Crippen LogP contribution in [-0.2, 0) is 9.53 Å². The first kappa shape index (κ1) is 23.3. The van der Waals surface area contributed by atoms with Crippen molar-refractivity contribution >= 4 is 35.2 Å². The summed E-state index contributed by atoms with van der Waals surface area (Å²) in [5.41, 5.74) is -0.689. The van der Waals surface area contributed by atoms with Gasteiger partial charge in [0.2, 0.25) is 0 Å². The van der Waals surface area contributed by atoms with Gasteiger partial charge in [-0.15, -0.1) is 13.2 Å². The molecule has 1 spiro atoms. The van der Waals surface area contributed by atoms with Gasteiger partial charge >= 0.3 is 18.5 Å². The number of carbonyl (C=O) groups is 3. The zero-order chi connectivity index (χ0) is 24.8. The van der Waals surface area contributed by atoms with Crippen molar-refractivity contribution in [3.63, 3.8) is 0 Å². The molecule has 2 unspecified atom stereocenters. The lowest BCUT2D eigenvalue weighted by Gasteiger charge is -2.22. The minimum absolute atomic E-state index is 0.110. The van der Waals surface area contributed by atoms with E-state index >= 15 is 0 Å². The molecule has 1 saturated heterocycles. The van der Waals surface area contributed by atoms with Crippen molar-refractivity contribution < 1.29 is 37.0 Å². The van der Waals surface area contributed by atoms with E-state index < -0.39 is 35.7 Å². The van der Waals surface area contributed by atoms with Crippen LogP contribution in [0.15, 0.2) is 42.6 Å². The molecule has 34 heavy (non-hydrogen) atoms. The highest BCUT2D eigenvalue weighted by atomic mass is 19.4. The van der Waals surface area contributed by atoms with E-state index in [0.29, 0.717) is 12.1 Å². The second-order valence-corrected chi connectivity index (χ2v) is 8.31. The first-order chi connectivity index (χ1) is 15.9.